The Hall–Kier alpha value is -1.22. The Kier molecular flexibility index (Phi) is 4.59. The quantitative estimate of drug-likeness (QED) is 0.852. The lowest BCUT2D eigenvalue weighted by atomic mass is 10.2. The normalized spacial score (nSPS) is 11.8. The number of nitrogens with two attached hydrogens (primary N) is 1. The predicted molar refractivity (Wildman–Crippen MR) is 74.7 cm³/mol. The standard InChI is InChI=1S/C12H12BrFN2O3S/c13-10-3-9(5-15)12(14)11(4-10)20(17,18)16-6-8-1-2-19-7-8/h1-4,7,16H,5-6,15H2. The summed E-state index contributed by atoms with van der Waals surface area (Å²) in [4.78, 5) is -0.434. The molecule has 3 N–H and O–H groups in total. The van der Waals surface area contributed by atoms with Gasteiger partial charge in [0.2, 0.25) is 10.0 Å². The molecule has 2 rings (SSSR count). The number of sulfonamides is 1. The topological polar surface area (TPSA) is 85.3 Å². The zero-order valence-electron chi connectivity index (χ0n) is 10.3. The highest BCUT2D eigenvalue weighted by Gasteiger charge is 2.22. The van der Waals surface area contributed by atoms with Crippen molar-refractivity contribution in [1.82, 2.24) is 4.72 Å². The maximum Gasteiger partial charge on any atom is 0.243 e. The van der Waals surface area contributed by atoms with Gasteiger partial charge in [0.15, 0.2) is 0 Å². The van der Waals surface area contributed by atoms with Crippen molar-refractivity contribution in [2.45, 2.75) is 18.0 Å². The van der Waals surface area contributed by atoms with Gasteiger partial charge in [-0.15, -0.1) is 0 Å². The molecule has 0 atom stereocenters. The number of hydrogen-bond acceptors (Lipinski definition) is 4. The number of hydrogen-bond donors (Lipinski definition) is 2. The summed E-state index contributed by atoms with van der Waals surface area (Å²) >= 11 is 3.14. The molecular weight excluding hydrogens is 351 g/mol. The highest BCUT2D eigenvalue weighted by Crippen LogP contribution is 2.24. The molecule has 0 spiro atoms. The molecule has 0 aliphatic carbocycles. The van der Waals surface area contributed by atoms with Crippen LogP contribution >= 0.6 is 15.9 Å². The van der Waals surface area contributed by atoms with Crippen LogP contribution in [-0.2, 0) is 23.1 Å². The molecular formula is C12H12BrFN2O3S. The number of nitrogens with one attached hydrogen (secondary N) is 1. The first kappa shape index (κ1) is 15.2. The molecule has 5 nitrogen and oxygen atoms in total. The summed E-state index contributed by atoms with van der Waals surface area (Å²) in [7, 11) is -3.97. The lowest BCUT2D eigenvalue weighted by Crippen LogP contribution is -2.24. The van der Waals surface area contributed by atoms with E-state index < -0.39 is 20.7 Å². The van der Waals surface area contributed by atoms with Crippen LogP contribution in [0.3, 0.4) is 0 Å². The van der Waals surface area contributed by atoms with Crippen molar-refractivity contribution < 1.29 is 17.2 Å². The zero-order chi connectivity index (χ0) is 14.8. The first-order chi connectivity index (χ1) is 9.44. The smallest absolute Gasteiger partial charge is 0.243 e. The Balaban J connectivity index is 2.31. The number of benzene rings is 1. The van der Waals surface area contributed by atoms with Gasteiger partial charge >= 0.3 is 0 Å². The van der Waals surface area contributed by atoms with Crippen LogP contribution in [0, 0.1) is 5.82 Å². The van der Waals surface area contributed by atoms with Crippen LogP contribution in [0.15, 0.2) is 44.5 Å². The van der Waals surface area contributed by atoms with Gasteiger partial charge in [-0.25, -0.2) is 17.5 Å². The van der Waals surface area contributed by atoms with E-state index in [1.54, 1.807) is 6.07 Å². The summed E-state index contributed by atoms with van der Waals surface area (Å²) < 4.78 is 45.9. The van der Waals surface area contributed by atoms with Gasteiger partial charge in [0.05, 0.1) is 12.5 Å². The number of rotatable bonds is 5. The van der Waals surface area contributed by atoms with Crippen molar-refractivity contribution in [2.24, 2.45) is 5.73 Å². The Morgan fingerprint density at radius 3 is 2.75 bits per heavy atom. The van der Waals surface area contributed by atoms with E-state index in [1.165, 1.54) is 24.7 Å². The van der Waals surface area contributed by atoms with Crippen molar-refractivity contribution in [3.63, 3.8) is 0 Å². The molecule has 0 saturated heterocycles. The van der Waals surface area contributed by atoms with Crippen LogP contribution in [0.1, 0.15) is 11.1 Å². The molecule has 108 valence electrons. The second-order valence-electron chi connectivity index (χ2n) is 4.04. The molecule has 0 unspecified atom stereocenters. The second-order valence-corrected chi connectivity index (χ2v) is 6.69. The fraction of sp³-hybridized carbons (Fsp3) is 0.167. The lowest BCUT2D eigenvalue weighted by Gasteiger charge is -2.10. The Morgan fingerprint density at radius 1 is 1.40 bits per heavy atom. The van der Waals surface area contributed by atoms with Gasteiger partial charge in [-0.05, 0) is 18.2 Å². The van der Waals surface area contributed by atoms with E-state index in [9.17, 15) is 12.8 Å². The summed E-state index contributed by atoms with van der Waals surface area (Å²) in [6.07, 6.45) is 2.83. The van der Waals surface area contributed by atoms with E-state index >= 15 is 0 Å². The molecule has 2 aromatic rings. The van der Waals surface area contributed by atoms with Crippen LogP contribution in [0.5, 0.6) is 0 Å². The maximum absolute atomic E-state index is 14.1. The van der Waals surface area contributed by atoms with Crippen LogP contribution < -0.4 is 10.5 Å². The molecule has 20 heavy (non-hydrogen) atoms. The Bertz CT molecular complexity index is 702. The highest BCUT2D eigenvalue weighted by molar-refractivity contribution is 9.10. The third kappa shape index (κ3) is 3.26. The van der Waals surface area contributed by atoms with E-state index in [0.717, 1.165) is 0 Å². The van der Waals surface area contributed by atoms with Crippen LogP contribution in [0.2, 0.25) is 0 Å². The van der Waals surface area contributed by atoms with Gasteiger partial charge in [0.1, 0.15) is 10.7 Å². The molecule has 0 radical (unpaired) electrons. The Labute approximate surface area is 124 Å². The van der Waals surface area contributed by atoms with Crippen molar-refractivity contribution in [2.75, 3.05) is 0 Å². The molecule has 1 heterocycles. The zero-order valence-corrected chi connectivity index (χ0v) is 12.7. The molecule has 0 aliphatic rings. The predicted octanol–water partition coefficient (Wildman–Crippen LogP) is 2.12. The first-order valence-electron chi connectivity index (χ1n) is 5.63. The minimum atomic E-state index is -3.97. The average Bonchev–Trinajstić information content (AvgIpc) is 2.92. The molecule has 1 aromatic carbocycles. The third-order valence-electron chi connectivity index (χ3n) is 2.64. The molecule has 0 aliphatic heterocycles. The molecule has 1 aromatic heterocycles. The summed E-state index contributed by atoms with van der Waals surface area (Å²) in [5, 5.41) is 0. The number of halogens is 2. The molecule has 0 fully saturated rings. The van der Waals surface area contributed by atoms with E-state index in [-0.39, 0.29) is 18.7 Å². The largest absolute Gasteiger partial charge is 0.472 e. The maximum atomic E-state index is 14.1. The van der Waals surface area contributed by atoms with Gasteiger partial charge in [-0.2, -0.15) is 0 Å². The van der Waals surface area contributed by atoms with Crippen LogP contribution in [0.25, 0.3) is 0 Å². The van der Waals surface area contributed by atoms with Gasteiger partial charge in [-0.1, -0.05) is 15.9 Å². The van der Waals surface area contributed by atoms with Crippen molar-refractivity contribution in [1.29, 1.82) is 0 Å². The van der Waals surface area contributed by atoms with Crippen LogP contribution in [-0.4, -0.2) is 8.42 Å². The van der Waals surface area contributed by atoms with E-state index in [1.807, 2.05) is 0 Å². The average molecular weight is 363 g/mol. The van der Waals surface area contributed by atoms with Gasteiger partial charge in [-0.3, -0.25) is 0 Å². The lowest BCUT2D eigenvalue weighted by molar-refractivity contribution is 0.547. The van der Waals surface area contributed by atoms with Crippen molar-refractivity contribution in [3.05, 3.63) is 52.1 Å². The van der Waals surface area contributed by atoms with Crippen molar-refractivity contribution >= 4 is 26.0 Å². The Morgan fingerprint density at radius 2 is 2.15 bits per heavy atom. The van der Waals surface area contributed by atoms with E-state index in [2.05, 4.69) is 20.7 Å². The molecule has 0 saturated carbocycles. The number of furan rings is 1. The summed E-state index contributed by atoms with van der Waals surface area (Å²) in [6.45, 7) is -0.0712. The minimum Gasteiger partial charge on any atom is -0.472 e. The van der Waals surface area contributed by atoms with E-state index in [4.69, 9.17) is 10.2 Å². The van der Waals surface area contributed by atoms with Gasteiger partial charge < -0.3 is 10.2 Å². The molecule has 0 bridgehead atoms. The van der Waals surface area contributed by atoms with Crippen molar-refractivity contribution in [3.8, 4) is 0 Å². The monoisotopic (exact) mass is 362 g/mol. The fourth-order valence-electron chi connectivity index (χ4n) is 1.61. The minimum absolute atomic E-state index is 0.0166. The highest BCUT2D eigenvalue weighted by atomic mass is 79.9. The van der Waals surface area contributed by atoms with Gasteiger partial charge in [0, 0.05) is 28.7 Å². The van der Waals surface area contributed by atoms with Gasteiger partial charge in [0.25, 0.3) is 0 Å². The summed E-state index contributed by atoms with van der Waals surface area (Å²) in [5.74, 6) is -0.838. The molecule has 8 heteroatoms. The van der Waals surface area contributed by atoms with E-state index in [0.29, 0.717) is 10.0 Å². The van der Waals surface area contributed by atoms with Crippen LogP contribution in [0.4, 0.5) is 4.39 Å². The first-order valence-corrected chi connectivity index (χ1v) is 7.90. The SMILES string of the molecule is NCc1cc(Br)cc(S(=O)(=O)NCc2ccoc2)c1F. The fourth-order valence-corrected chi connectivity index (χ4v) is 3.43. The molecule has 0 amide bonds. The third-order valence-corrected chi connectivity index (χ3v) is 4.49. The second kappa shape index (κ2) is 6.04. The summed E-state index contributed by atoms with van der Waals surface area (Å²) in [6, 6.07) is 4.27. The summed E-state index contributed by atoms with van der Waals surface area (Å²) in [5.41, 5.74) is 6.16.